The van der Waals surface area contributed by atoms with Crippen molar-refractivity contribution in [3.8, 4) is 5.75 Å². The van der Waals surface area contributed by atoms with Gasteiger partial charge in [-0.1, -0.05) is 41.4 Å². The molecule has 0 saturated carbocycles. The highest BCUT2D eigenvalue weighted by Gasteiger charge is 2.37. The summed E-state index contributed by atoms with van der Waals surface area (Å²) in [4.78, 5) is 24.7. The van der Waals surface area contributed by atoms with Crippen molar-refractivity contribution in [2.24, 2.45) is 0 Å². The van der Waals surface area contributed by atoms with Gasteiger partial charge in [-0.25, -0.2) is 8.42 Å². The number of Topliss-reactive ketones (excluding diaryl/α,β-unsaturated/α-hetero) is 1. The van der Waals surface area contributed by atoms with E-state index < -0.39 is 22.0 Å². The molecule has 0 aliphatic carbocycles. The molecule has 1 atom stereocenters. The fourth-order valence-corrected chi connectivity index (χ4v) is 5.10. The first-order valence-corrected chi connectivity index (χ1v) is 11.9. The number of ketones is 1. The number of ether oxygens (including phenoxy) is 1. The van der Waals surface area contributed by atoms with Crippen molar-refractivity contribution in [1.82, 2.24) is 0 Å². The molecular formula is C24H21ClN2O5S. The zero-order chi connectivity index (χ0) is 23.8. The molecule has 170 valence electrons. The van der Waals surface area contributed by atoms with E-state index in [0.29, 0.717) is 16.3 Å². The Morgan fingerprint density at radius 1 is 1.06 bits per heavy atom. The molecule has 0 saturated heterocycles. The summed E-state index contributed by atoms with van der Waals surface area (Å²) in [5, 5.41) is 3.04. The van der Waals surface area contributed by atoms with E-state index in [1.54, 1.807) is 42.5 Å². The number of fused-ring (bicyclic) bond motifs is 1. The number of anilines is 2. The van der Waals surface area contributed by atoms with Gasteiger partial charge in [0.1, 0.15) is 5.75 Å². The molecule has 0 fully saturated rings. The molecular weight excluding hydrogens is 464 g/mol. The Hall–Kier alpha value is -3.36. The van der Waals surface area contributed by atoms with Crippen LogP contribution in [0, 0.1) is 6.92 Å². The Morgan fingerprint density at radius 2 is 1.79 bits per heavy atom. The molecule has 4 rings (SSSR count). The van der Waals surface area contributed by atoms with E-state index in [1.165, 1.54) is 31.2 Å². The molecule has 9 heteroatoms. The van der Waals surface area contributed by atoms with Gasteiger partial charge in [0.05, 0.1) is 17.1 Å². The normalized spacial score (nSPS) is 15.4. The maximum Gasteiger partial charge on any atom is 0.267 e. The summed E-state index contributed by atoms with van der Waals surface area (Å²) in [5.74, 6) is -0.458. The maximum absolute atomic E-state index is 13.5. The third-order valence-electron chi connectivity index (χ3n) is 5.23. The molecule has 3 aromatic rings. The van der Waals surface area contributed by atoms with Crippen LogP contribution in [0.4, 0.5) is 11.4 Å². The van der Waals surface area contributed by atoms with Crippen molar-refractivity contribution in [2.45, 2.75) is 24.8 Å². The minimum atomic E-state index is -4.00. The van der Waals surface area contributed by atoms with Gasteiger partial charge in [-0.05, 0) is 56.3 Å². The zero-order valence-corrected chi connectivity index (χ0v) is 19.5. The Morgan fingerprint density at radius 3 is 2.48 bits per heavy atom. The number of benzene rings is 3. The van der Waals surface area contributed by atoms with Crippen LogP contribution in [0.1, 0.15) is 22.8 Å². The number of nitrogens with one attached hydrogen (secondary N) is 1. The molecule has 0 spiro atoms. The van der Waals surface area contributed by atoms with Gasteiger partial charge in [0.15, 0.2) is 11.9 Å². The number of aryl methyl sites for hydroxylation is 1. The number of hydrogen-bond acceptors (Lipinski definition) is 5. The monoisotopic (exact) mass is 484 g/mol. The molecule has 1 aliphatic rings. The molecule has 0 aromatic heterocycles. The lowest BCUT2D eigenvalue weighted by Crippen LogP contribution is -2.48. The van der Waals surface area contributed by atoms with Gasteiger partial charge < -0.3 is 10.1 Å². The summed E-state index contributed by atoms with van der Waals surface area (Å²) in [7, 11) is -4.00. The number of halogens is 1. The Balaban J connectivity index is 1.68. The van der Waals surface area contributed by atoms with Gasteiger partial charge in [0, 0.05) is 16.3 Å². The van der Waals surface area contributed by atoms with Crippen LogP contribution in [0.15, 0.2) is 71.6 Å². The van der Waals surface area contributed by atoms with Crippen molar-refractivity contribution in [1.29, 1.82) is 0 Å². The topological polar surface area (TPSA) is 92.8 Å². The number of amides is 1. The van der Waals surface area contributed by atoms with E-state index in [2.05, 4.69) is 5.32 Å². The number of carbonyl (C=O) groups is 2. The minimum absolute atomic E-state index is 0.0919. The van der Waals surface area contributed by atoms with Crippen LogP contribution in [0.25, 0.3) is 0 Å². The minimum Gasteiger partial charge on any atom is -0.476 e. The summed E-state index contributed by atoms with van der Waals surface area (Å²) in [6.45, 7) is 3.05. The van der Waals surface area contributed by atoms with Crippen molar-refractivity contribution >= 4 is 44.7 Å². The number of rotatable bonds is 5. The first kappa shape index (κ1) is 22.8. The molecule has 33 heavy (non-hydrogen) atoms. The Kier molecular flexibility index (Phi) is 6.14. The first-order chi connectivity index (χ1) is 15.6. The van der Waals surface area contributed by atoms with Gasteiger partial charge in [-0.15, -0.1) is 0 Å². The van der Waals surface area contributed by atoms with Crippen molar-refractivity contribution < 1.29 is 22.7 Å². The molecule has 7 nitrogen and oxygen atoms in total. The quantitative estimate of drug-likeness (QED) is 0.540. The predicted octanol–water partition coefficient (Wildman–Crippen LogP) is 4.45. The van der Waals surface area contributed by atoms with Crippen LogP contribution in [0.3, 0.4) is 0 Å². The average molecular weight is 485 g/mol. The van der Waals surface area contributed by atoms with E-state index in [0.717, 1.165) is 9.87 Å². The highest BCUT2D eigenvalue weighted by molar-refractivity contribution is 7.92. The summed E-state index contributed by atoms with van der Waals surface area (Å²) in [6, 6.07) is 17.5. The van der Waals surface area contributed by atoms with E-state index in [9.17, 15) is 18.0 Å². The Labute approximate surface area is 197 Å². The lowest BCUT2D eigenvalue weighted by Gasteiger charge is -2.35. The zero-order valence-electron chi connectivity index (χ0n) is 17.9. The first-order valence-electron chi connectivity index (χ1n) is 10.1. The molecule has 1 amide bonds. The lowest BCUT2D eigenvalue weighted by atomic mass is 10.1. The Bertz CT molecular complexity index is 1340. The summed E-state index contributed by atoms with van der Waals surface area (Å²) < 4.78 is 33.9. The average Bonchev–Trinajstić information content (AvgIpc) is 2.78. The van der Waals surface area contributed by atoms with Crippen LogP contribution in [-0.2, 0) is 14.8 Å². The second-order valence-electron chi connectivity index (χ2n) is 7.69. The molecule has 0 bridgehead atoms. The second kappa shape index (κ2) is 8.88. The number of hydrogen-bond donors (Lipinski definition) is 1. The SMILES string of the molecule is CC(=O)c1cccc(NC(=O)[C@H]2CN(S(=O)(=O)c3ccc(C)cc3)c3cc(Cl)ccc3O2)c1. The van der Waals surface area contributed by atoms with Gasteiger partial charge >= 0.3 is 0 Å². The molecule has 0 unspecified atom stereocenters. The molecule has 1 N–H and O–H groups in total. The fourth-order valence-electron chi connectivity index (χ4n) is 3.46. The van der Waals surface area contributed by atoms with E-state index in [-0.39, 0.29) is 28.7 Å². The van der Waals surface area contributed by atoms with E-state index >= 15 is 0 Å². The van der Waals surface area contributed by atoms with Crippen molar-refractivity contribution in [3.63, 3.8) is 0 Å². The number of carbonyl (C=O) groups excluding carboxylic acids is 2. The maximum atomic E-state index is 13.5. The number of nitrogens with zero attached hydrogens (tertiary/aromatic N) is 1. The second-order valence-corrected chi connectivity index (χ2v) is 9.99. The largest absolute Gasteiger partial charge is 0.476 e. The predicted molar refractivity (Wildman–Crippen MR) is 127 cm³/mol. The van der Waals surface area contributed by atoms with E-state index in [4.69, 9.17) is 16.3 Å². The smallest absolute Gasteiger partial charge is 0.267 e. The van der Waals surface area contributed by atoms with Gasteiger partial charge in [0.25, 0.3) is 15.9 Å². The van der Waals surface area contributed by atoms with E-state index in [1.807, 2.05) is 6.92 Å². The fraction of sp³-hybridized carbons (Fsp3) is 0.167. The highest BCUT2D eigenvalue weighted by atomic mass is 35.5. The van der Waals surface area contributed by atoms with Gasteiger partial charge in [-0.3, -0.25) is 13.9 Å². The molecule has 0 radical (unpaired) electrons. The summed E-state index contributed by atoms with van der Waals surface area (Å²) in [6.07, 6.45) is -1.13. The van der Waals surface area contributed by atoms with Crippen LogP contribution in [-0.4, -0.2) is 32.8 Å². The van der Waals surface area contributed by atoms with Crippen LogP contribution in [0.2, 0.25) is 5.02 Å². The summed E-state index contributed by atoms with van der Waals surface area (Å²) >= 11 is 6.12. The molecule has 1 heterocycles. The van der Waals surface area contributed by atoms with Crippen LogP contribution < -0.4 is 14.4 Å². The van der Waals surface area contributed by atoms with Crippen molar-refractivity contribution in [2.75, 3.05) is 16.2 Å². The van der Waals surface area contributed by atoms with Crippen molar-refractivity contribution in [3.05, 3.63) is 82.9 Å². The van der Waals surface area contributed by atoms with Gasteiger partial charge in [-0.2, -0.15) is 0 Å². The third kappa shape index (κ3) is 4.72. The standard InChI is InChI=1S/C24H21ClN2O5S/c1-15-6-9-20(10-7-15)33(30,31)27-14-23(32-22-11-8-18(25)13-21(22)27)24(29)26-19-5-3-4-17(12-19)16(2)28/h3-13,23H,14H2,1-2H3,(H,26,29)/t23-/m1/s1. The van der Waals surface area contributed by atoms with Crippen LogP contribution in [0.5, 0.6) is 5.75 Å². The highest BCUT2D eigenvalue weighted by Crippen LogP contribution is 2.39. The lowest BCUT2D eigenvalue weighted by molar-refractivity contribution is -0.122. The molecule has 1 aliphatic heterocycles. The number of sulfonamides is 1. The molecule has 3 aromatic carbocycles. The summed E-state index contributed by atoms with van der Waals surface area (Å²) in [5.41, 5.74) is 2.03. The van der Waals surface area contributed by atoms with Crippen LogP contribution >= 0.6 is 11.6 Å². The van der Waals surface area contributed by atoms with Gasteiger partial charge in [0.2, 0.25) is 0 Å². The third-order valence-corrected chi connectivity index (χ3v) is 7.26.